The van der Waals surface area contributed by atoms with E-state index < -0.39 is 11.6 Å². The van der Waals surface area contributed by atoms with E-state index in [4.69, 9.17) is 4.74 Å². The molecule has 0 aromatic heterocycles. The van der Waals surface area contributed by atoms with Crippen LogP contribution in [0.15, 0.2) is 42.5 Å². The van der Waals surface area contributed by atoms with E-state index >= 15 is 0 Å². The summed E-state index contributed by atoms with van der Waals surface area (Å²) in [5.74, 6) is -0.327. The van der Waals surface area contributed by atoms with Gasteiger partial charge in [0.05, 0.1) is 0 Å². The van der Waals surface area contributed by atoms with Crippen molar-refractivity contribution in [1.82, 2.24) is 4.90 Å². The molecule has 1 heterocycles. The lowest BCUT2D eigenvalue weighted by atomic mass is 9.78. The molecule has 6 heteroatoms. The number of carboxylic acids is 1. The molecule has 0 bridgehead atoms. The monoisotopic (exact) mass is 493 g/mol. The highest BCUT2D eigenvalue weighted by Gasteiger charge is 2.31. The summed E-state index contributed by atoms with van der Waals surface area (Å²) < 4.78 is 5.69. The van der Waals surface area contributed by atoms with E-state index in [-0.39, 0.29) is 22.5 Å². The van der Waals surface area contributed by atoms with Crippen LogP contribution in [0.2, 0.25) is 0 Å². The van der Waals surface area contributed by atoms with Crippen LogP contribution >= 0.6 is 0 Å². The highest BCUT2D eigenvalue weighted by atomic mass is 16.5. The number of carboxylic acid groups (broad SMARTS) is 1. The summed E-state index contributed by atoms with van der Waals surface area (Å²) in [6.07, 6.45) is 2.71. The molecule has 0 spiro atoms. The first-order valence-electron chi connectivity index (χ1n) is 12.4. The van der Waals surface area contributed by atoms with E-state index in [2.05, 4.69) is 0 Å². The lowest BCUT2D eigenvalue weighted by Crippen LogP contribution is -2.37. The minimum absolute atomic E-state index is 0.0541. The van der Waals surface area contributed by atoms with Gasteiger partial charge in [-0.2, -0.15) is 0 Å². The summed E-state index contributed by atoms with van der Waals surface area (Å²) in [5.41, 5.74) is 2.23. The molecule has 0 saturated carbocycles. The van der Waals surface area contributed by atoms with Crippen LogP contribution in [0.25, 0.3) is 5.57 Å². The van der Waals surface area contributed by atoms with Gasteiger partial charge < -0.3 is 19.8 Å². The molecule has 6 nitrogen and oxygen atoms in total. The molecule has 0 aliphatic carbocycles. The zero-order valence-electron chi connectivity index (χ0n) is 22.7. The van der Waals surface area contributed by atoms with Crippen molar-refractivity contribution in [3.05, 3.63) is 64.7 Å². The molecule has 0 fully saturated rings. The van der Waals surface area contributed by atoms with Crippen LogP contribution in [0.5, 0.6) is 11.5 Å². The second kappa shape index (κ2) is 9.64. The van der Waals surface area contributed by atoms with E-state index in [0.717, 1.165) is 22.3 Å². The van der Waals surface area contributed by atoms with Crippen LogP contribution in [0.4, 0.5) is 0 Å². The Bertz CT molecular complexity index is 1160. The van der Waals surface area contributed by atoms with Gasteiger partial charge in [0, 0.05) is 29.8 Å². The van der Waals surface area contributed by atoms with Crippen LogP contribution < -0.4 is 4.74 Å². The summed E-state index contributed by atoms with van der Waals surface area (Å²) in [7, 11) is 0. The zero-order valence-corrected chi connectivity index (χ0v) is 22.7. The van der Waals surface area contributed by atoms with Crippen molar-refractivity contribution in [2.75, 3.05) is 13.1 Å². The number of amides is 1. The molecule has 2 N–H and O–H groups in total. The van der Waals surface area contributed by atoms with Crippen molar-refractivity contribution < 1.29 is 24.5 Å². The predicted molar refractivity (Wildman–Crippen MR) is 143 cm³/mol. The number of carbonyl (C=O) groups is 2. The molecule has 2 aromatic rings. The maximum atomic E-state index is 13.5. The van der Waals surface area contributed by atoms with E-state index in [0.29, 0.717) is 30.8 Å². The molecule has 194 valence electrons. The second-order valence-corrected chi connectivity index (χ2v) is 12.1. The minimum Gasteiger partial charge on any atom is -0.507 e. The Hall–Kier alpha value is -3.28. The van der Waals surface area contributed by atoms with Gasteiger partial charge in [0.25, 0.3) is 5.91 Å². The molecule has 36 heavy (non-hydrogen) atoms. The lowest BCUT2D eigenvalue weighted by Gasteiger charge is -2.30. The van der Waals surface area contributed by atoms with Crippen LogP contribution in [-0.4, -0.2) is 45.7 Å². The number of hydrogen-bond acceptors (Lipinski definition) is 4. The SMILES string of the molecule is CC(C)(Oc1cccc(C2=CCN(C(=O)c3cc(C(C)(C)C)c(O)c(C(C)(C)C)c3)CC2)c1)C(=O)O. The molecule has 0 saturated heterocycles. The fourth-order valence-electron chi connectivity index (χ4n) is 4.30. The van der Waals surface area contributed by atoms with Crippen molar-refractivity contribution in [1.29, 1.82) is 0 Å². The quantitative estimate of drug-likeness (QED) is 0.521. The molecular weight excluding hydrogens is 454 g/mol. The van der Waals surface area contributed by atoms with Gasteiger partial charge in [-0.15, -0.1) is 0 Å². The van der Waals surface area contributed by atoms with Gasteiger partial charge in [0.15, 0.2) is 5.60 Å². The Morgan fingerprint density at radius 3 is 1.97 bits per heavy atom. The predicted octanol–water partition coefficient (Wildman–Crippen LogP) is 6.16. The molecule has 1 amide bonds. The molecule has 2 aromatic carbocycles. The fraction of sp³-hybridized carbons (Fsp3) is 0.467. The van der Waals surface area contributed by atoms with Crippen LogP contribution in [0.3, 0.4) is 0 Å². The molecule has 1 aliphatic heterocycles. The number of hydrogen-bond donors (Lipinski definition) is 2. The highest BCUT2D eigenvalue weighted by Crippen LogP contribution is 2.40. The second-order valence-electron chi connectivity index (χ2n) is 12.1. The van der Waals surface area contributed by atoms with E-state index in [1.54, 1.807) is 6.07 Å². The average molecular weight is 494 g/mol. The Morgan fingerprint density at radius 1 is 0.917 bits per heavy atom. The van der Waals surface area contributed by atoms with Crippen molar-refractivity contribution in [3.8, 4) is 11.5 Å². The number of phenols is 1. The topological polar surface area (TPSA) is 87.1 Å². The Labute approximate surface area is 214 Å². The highest BCUT2D eigenvalue weighted by molar-refractivity contribution is 5.95. The van der Waals surface area contributed by atoms with Crippen molar-refractivity contribution in [3.63, 3.8) is 0 Å². The Kier molecular flexibility index (Phi) is 7.31. The first kappa shape index (κ1) is 27.3. The molecule has 0 unspecified atom stereocenters. The summed E-state index contributed by atoms with van der Waals surface area (Å²) in [6, 6.07) is 11.1. The van der Waals surface area contributed by atoms with Crippen molar-refractivity contribution >= 4 is 17.4 Å². The van der Waals surface area contributed by atoms with Gasteiger partial charge in [-0.3, -0.25) is 4.79 Å². The first-order chi connectivity index (χ1) is 16.5. The number of benzene rings is 2. The first-order valence-corrected chi connectivity index (χ1v) is 12.4. The van der Waals surface area contributed by atoms with Gasteiger partial charge in [0.2, 0.25) is 0 Å². The number of nitrogens with zero attached hydrogens (tertiary/aromatic N) is 1. The number of phenolic OH excluding ortho intramolecular Hbond substituents is 1. The molecular formula is C30H39NO5. The third kappa shape index (κ3) is 5.92. The van der Waals surface area contributed by atoms with E-state index in [1.807, 2.05) is 82.9 Å². The van der Waals surface area contributed by atoms with Gasteiger partial charge >= 0.3 is 5.97 Å². The number of aliphatic carboxylic acids is 1. The number of ether oxygens (including phenoxy) is 1. The molecule has 3 rings (SSSR count). The maximum absolute atomic E-state index is 13.5. The third-order valence-corrected chi connectivity index (χ3v) is 6.56. The van der Waals surface area contributed by atoms with Crippen molar-refractivity contribution in [2.24, 2.45) is 0 Å². The van der Waals surface area contributed by atoms with Gasteiger partial charge in [-0.25, -0.2) is 4.79 Å². The van der Waals surface area contributed by atoms with Crippen LogP contribution in [0.1, 0.15) is 88.9 Å². The average Bonchev–Trinajstić information content (AvgIpc) is 2.77. The van der Waals surface area contributed by atoms with E-state index in [1.165, 1.54) is 13.8 Å². The lowest BCUT2D eigenvalue weighted by molar-refractivity contribution is -0.152. The number of rotatable bonds is 5. The van der Waals surface area contributed by atoms with Gasteiger partial charge in [-0.1, -0.05) is 59.8 Å². The van der Waals surface area contributed by atoms with Crippen LogP contribution in [-0.2, 0) is 15.6 Å². The zero-order chi connectivity index (χ0) is 27.1. The largest absolute Gasteiger partial charge is 0.507 e. The summed E-state index contributed by atoms with van der Waals surface area (Å²) in [4.78, 5) is 26.8. The normalized spacial score (nSPS) is 14.9. The summed E-state index contributed by atoms with van der Waals surface area (Å²) in [6.45, 7) is 16.3. The number of carbonyl (C=O) groups excluding carboxylic acids is 1. The smallest absolute Gasteiger partial charge is 0.347 e. The maximum Gasteiger partial charge on any atom is 0.347 e. The van der Waals surface area contributed by atoms with Gasteiger partial charge in [-0.05, 0) is 66.5 Å². The minimum atomic E-state index is -1.33. The standard InChI is InChI=1S/C30H39NO5/c1-28(2,3)23-17-21(18-24(25(23)32)29(4,5)6)26(33)31-14-12-19(13-15-31)20-10-9-11-22(16-20)36-30(7,8)27(34)35/h9-12,16-18,32H,13-15H2,1-8H3,(H,34,35). The Balaban J connectivity index is 1.85. The van der Waals surface area contributed by atoms with Crippen molar-refractivity contribution in [2.45, 2.75) is 78.2 Å². The van der Waals surface area contributed by atoms with Gasteiger partial charge in [0.1, 0.15) is 11.5 Å². The van der Waals surface area contributed by atoms with E-state index in [9.17, 15) is 19.8 Å². The molecule has 1 aliphatic rings. The molecule has 0 radical (unpaired) electrons. The summed E-state index contributed by atoms with van der Waals surface area (Å²) >= 11 is 0. The third-order valence-electron chi connectivity index (χ3n) is 6.56. The summed E-state index contributed by atoms with van der Waals surface area (Å²) in [5, 5.41) is 20.3. The number of aromatic hydroxyl groups is 1. The fourth-order valence-corrected chi connectivity index (χ4v) is 4.30. The Morgan fingerprint density at radius 2 is 1.50 bits per heavy atom. The van der Waals surface area contributed by atoms with Crippen LogP contribution in [0, 0.1) is 0 Å². The molecule has 0 atom stereocenters.